The Balaban J connectivity index is 2.56. The van der Waals surface area contributed by atoms with E-state index in [0.29, 0.717) is 6.04 Å². The van der Waals surface area contributed by atoms with Crippen LogP contribution in [0.3, 0.4) is 0 Å². The van der Waals surface area contributed by atoms with E-state index in [4.69, 9.17) is 12.2 Å². The number of halogens is 1. The van der Waals surface area contributed by atoms with Crippen LogP contribution in [-0.4, -0.2) is 9.55 Å². The highest BCUT2D eigenvalue weighted by Gasteiger charge is 2.08. The first-order valence-electron chi connectivity index (χ1n) is 5.15. The van der Waals surface area contributed by atoms with Crippen molar-refractivity contribution in [3.8, 4) is 11.3 Å². The average Bonchev–Trinajstić information content (AvgIpc) is 2.61. The number of hydrogen-bond acceptors (Lipinski definition) is 1. The summed E-state index contributed by atoms with van der Waals surface area (Å²) in [5.41, 5.74) is 2.30. The molecule has 0 aliphatic heterocycles. The fraction of sp³-hybridized carbons (Fsp3) is 0.250. The van der Waals surface area contributed by atoms with Crippen LogP contribution in [0, 0.1) is 4.77 Å². The minimum Gasteiger partial charge on any atom is -0.337 e. The lowest BCUT2D eigenvalue weighted by atomic mass is 10.1. The first-order valence-corrected chi connectivity index (χ1v) is 6.35. The van der Waals surface area contributed by atoms with Gasteiger partial charge in [0.1, 0.15) is 0 Å². The number of imidazole rings is 1. The van der Waals surface area contributed by atoms with Crippen molar-refractivity contribution in [3.05, 3.63) is 39.7 Å². The van der Waals surface area contributed by atoms with Crippen LogP contribution in [0.5, 0.6) is 0 Å². The van der Waals surface area contributed by atoms with Crippen LogP contribution in [0.4, 0.5) is 0 Å². The van der Waals surface area contributed by atoms with Gasteiger partial charge in [0.15, 0.2) is 4.77 Å². The average molecular weight is 297 g/mol. The minimum absolute atomic E-state index is 0.359. The molecule has 0 unspecified atom stereocenters. The Morgan fingerprint density at radius 3 is 2.44 bits per heavy atom. The van der Waals surface area contributed by atoms with Gasteiger partial charge in [-0.15, -0.1) is 0 Å². The predicted octanol–water partition coefficient (Wildman–Crippen LogP) is 4.56. The molecule has 2 nitrogen and oxygen atoms in total. The van der Waals surface area contributed by atoms with Crippen LogP contribution in [0.25, 0.3) is 11.3 Å². The monoisotopic (exact) mass is 296 g/mol. The fourth-order valence-electron chi connectivity index (χ4n) is 1.73. The van der Waals surface area contributed by atoms with Crippen LogP contribution in [0.15, 0.2) is 34.9 Å². The molecule has 0 spiro atoms. The normalized spacial score (nSPS) is 11.0. The number of hydrogen-bond donors (Lipinski definition) is 1. The molecule has 1 N–H and O–H groups in total. The van der Waals surface area contributed by atoms with Gasteiger partial charge >= 0.3 is 0 Å². The van der Waals surface area contributed by atoms with Gasteiger partial charge in [-0.1, -0.05) is 28.1 Å². The first-order chi connectivity index (χ1) is 7.59. The fourth-order valence-corrected chi connectivity index (χ4v) is 2.37. The van der Waals surface area contributed by atoms with Crippen LogP contribution in [0.2, 0.25) is 0 Å². The van der Waals surface area contributed by atoms with Gasteiger partial charge in [-0.05, 0) is 43.8 Å². The Labute approximate surface area is 108 Å². The third-order valence-corrected chi connectivity index (χ3v) is 3.31. The second kappa shape index (κ2) is 4.55. The van der Waals surface area contributed by atoms with Crippen molar-refractivity contribution in [1.29, 1.82) is 0 Å². The van der Waals surface area contributed by atoms with Crippen molar-refractivity contribution in [2.45, 2.75) is 19.9 Å². The van der Waals surface area contributed by atoms with E-state index in [1.165, 1.54) is 5.56 Å². The Kier molecular flexibility index (Phi) is 3.30. The van der Waals surface area contributed by atoms with Crippen LogP contribution in [-0.2, 0) is 0 Å². The molecule has 16 heavy (non-hydrogen) atoms. The Morgan fingerprint density at radius 1 is 1.25 bits per heavy atom. The summed E-state index contributed by atoms with van der Waals surface area (Å²) in [7, 11) is 0. The summed E-state index contributed by atoms with van der Waals surface area (Å²) in [6.07, 6.45) is 1.96. The summed E-state index contributed by atoms with van der Waals surface area (Å²) in [6, 6.07) is 8.60. The maximum absolute atomic E-state index is 5.27. The van der Waals surface area contributed by atoms with E-state index < -0.39 is 0 Å². The number of aromatic nitrogens is 2. The van der Waals surface area contributed by atoms with Gasteiger partial charge in [0.2, 0.25) is 0 Å². The Hall–Kier alpha value is -0.870. The first kappa shape index (κ1) is 11.6. The smallest absolute Gasteiger partial charge is 0.177 e. The zero-order valence-corrected chi connectivity index (χ0v) is 11.6. The van der Waals surface area contributed by atoms with Gasteiger partial charge < -0.3 is 9.55 Å². The number of nitrogens with one attached hydrogen (secondary N) is 1. The highest BCUT2D eigenvalue weighted by atomic mass is 79.9. The zero-order chi connectivity index (χ0) is 11.7. The maximum atomic E-state index is 5.27. The molecule has 0 aliphatic rings. The summed E-state index contributed by atoms with van der Waals surface area (Å²) < 4.78 is 3.98. The molecule has 0 saturated heterocycles. The zero-order valence-electron chi connectivity index (χ0n) is 9.20. The number of rotatable bonds is 2. The lowest BCUT2D eigenvalue weighted by Crippen LogP contribution is -2.02. The molecule has 0 amide bonds. The third-order valence-electron chi connectivity index (χ3n) is 2.47. The van der Waals surface area contributed by atoms with E-state index >= 15 is 0 Å². The summed E-state index contributed by atoms with van der Waals surface area (Å²) >= 11 is 8.71. The van der Waals surface area contributed by atoms with Crippen molar-refractivity contribution in [2.75, 3.05) is 0 Å². The van der Waals surface area contributed by atoms with Crippen LogP contribution in [0.1, 0.15) is 19.9 Å². The highest BCUT2D eigenvalue weighted by Crippen LogP contribution is 2.24. The molecular formula is C12H13BrN2S. The topological polar surface area (TPSA) is 20.7 Å². The molecule has 0 fully saturated rings. The third kappa shape index (κ3) is 2.13. The SMILES string of the molecule is CC(C)n1c(-c2ccc(Br)cc2)c[nH]c1=S. The van der Waals surface area contributed by atoms with Gasteiger partial charge in [-0.2, -0.15) is 0 Å². The van der Waals surface area contributed by atoms with Gasteiger partial charge in [0, 0.05) is 16.7 Å². The number of nitrogens with zero attached hydrogens (tertiary/aromatic N) is 1. The Morgan fingerprint density at radius 2 is 1.88 bits per heavy atom. The number of H-pyrrole nitrogens is 1. The van der Waals surface area contributed by atoms with Gasteiger partial charge in [0.25, 0.3) is 0 Å². The van der Waals surface area contributed by atoms with Crippen molar-refractivity contribution >= 4 is 28.1 Å². The standard InChI is InChI=1S/C12H13BrN2S/c1-8(2)15-11(7-14-12(15)16)9-3-5-10(13)6-4-9/h3-8H,1-2H3,(H,14,16). The molecule has 1 heterocycles. The maximum Gasteiger partial charge on any atom is 0.177 e. The summed E-state index contributed by atoms with van der Waals surface area (Å²) in [5, 5.41) is 0. The lowest BCUT2D eigenvalue weighted by Gasteiger charge is -2.11. The van der Waals surface area contributed by atoms with Crippen LogP contribution < -0.4 is 0 Å². The van der Waals surface area contributed by atoms with Crippen molar-refractivity contribution in [2.24, 2.45) is 0 Å². The number of aromatic amines is 1. The largest absolute Gasteiger partial charge is 0.337 e. The molecule has 0 bridgehead atoms. The van der Waals surface area contributed by atoms with E-state index in [-0.39, 0.29) is 0 Å². The molecule has 0 saturated carbocycles. The van der Waals surface area contributed by atoms with E-state index in [0.717, 1.165) is 14.9 Å². The minimum atomic E-state index is 0.359. The molecule has 4 heteroatoms. The molecular weight excluding hydrogens is 284 g/mol. The summed E-state index contributed by atoms with van der Waals surface area (Å²) in [4.78, 5) is 3.10. The lowest BCUT2D eigenvalue weighted by molar-refractivity contribution is 0.598. The van der Waals surface area contributed by atoms with Crippen LogP contribution >= 0.6 is 28.1 Å². The molecule has 2 rings (SSSR count). The van der Waals surface area contributed by atoms with Crippen molar-refractivity contribution in [1.82, 2.24) is 9.55 Å². The molecule has 84 valence electrons. The van der Waals surface area contributed by atoms with Crippen molar-refractivity contribution in [3.63, 3.8) is 0 Å². The summed E-state index contributed by atoms with van der Waals surface area (Å²) in [6.45, 7) is 4.26. The predicted molar refractivity (Wildman–Crippen MR) is 73.1 cm³/mol. The molecule has 2 aromatic rings. The summed E-state index contributed by atoms with van der Waals surface area (Å²) in [5.74, 6) is 0. The molecule has 0 atom stereocenters. The van der Waals surface area contributed by atoms with E-state index in [2.05, 4.69) is 51.5 Å². The molecule has 0 aliphatic carbocycles. The number of benzene rings is 1. The van der Waals surface area contributed by atoms with E-state index in [1.807, 2.05) is 18.3 Å². The molecule has 1 aromatic carbocycles. The van der Waals surface area contributed by atoms with E-state index in [9.17, 15) is 0 Å². The highest BCUT2D eigenvalue weighted by molar-refractivity contribution is 9.10. The molecule has 1 aromatic heterocycles. The second-order valence-electron chi connectivity index (χ2n) is 3.95. The van der Waals surface area contributed by atoms with Crippen molar-refractivity contribution < 1.29 is 0 Å². The Bertz CT molecular complexity index is 537. The van der Waals surface area contributed by atoms with E-state index in [1.54, 1.807) is 0 Å². The molecule has 0 radical (unpaired) electrons. The second-order valence-corrected chi connectivity index (χ2v) is 5.25. The van der Waals surface area contributed by atoms with Gasteiger partial charge in [-0.3, -0.25) is 0 Å². The quantitative estimate of drug-likeness (QED) is 0.806. The van der Waals surface area contributed by atoms with Gasteiger partial charge in [-0.25, -0.2) is 0 Å². The van der Waals surface area contributed by atoms with Gasteiger partial charge in [0.05, 0.1) is 5.69 Å².